The van der Waals surface area contributed by atoms with E-state index in [1.807, 2.05) is 20.2 Å². The molecular formula is C19H23N5. The van der Waals surface area contributed by atoms with E-state index in [9.17, 15) is 0 Å². The summed E-state index contributed by atoms with van der Waals surface area (Å²) in [5.41, 5.74) is 5.65. The molecule has 24 heavy (non-hydrogen) atoms. The topological polar surface area (TPSA) is 55.6 Å². The minimum absolute atomic E-state index is 0.160. The number of hydrogen-bond acceptors (Lipinski definition) is 4. The average Bonchev–Trinajstić information content (AvgIpc) is 3.31. The van der Waals surface area contributed by atoms with Crippen molar-refractivity contribution in [1.29, 1.82) is 0 Å². The molecule has 5 nitrogen and oxygen atoms in total. The van der Waals surface area contributed by atoms with Gasteiger partial charge in [0, 0.05) is 17.3 Å². The second kappa shape index (κ2) is 5.58. The van der Waals surface area contributed by atoms with Crippen LogP contribution < -0.4 is 5.32 Å². The lowest BCUT2D eigenvalue weighted by Crippen LogP contribution is -2.11. The Morgan fingerprint density at radius 2 is 1.96 bits per heavy atom. The van der Waals surface area contributed by atoms with Gasteiger partial charge in [-0.05, 0) is 58.2 Å². The first-order valence-corrected chi connectivity index (χ1v) is 8.58. The third-order valence-electron chi connectivity index (χ3n) is 4.89. The van der Waals surface area contributed by atoms with Gasteiger partial charge in [-0.25, -0.2) is 15.0 Å². The lowest BCUT2D eigenvalue weighted by Gasteiger charge is -2.18. The summed E-state index contributed by atoms with van der Waals surface area (Å²) in [7, 11) is 0. The van der Waals surface area contributed by atoms with E-state index in [0.29, 0.717) is 6.04 Å². The number of aromatic nitrogens is 4. The molecule has 0 bridgehead atoms. The normalized spacial score (nSPS) is 15.7. The first-order chi connectivity index (χ1) is 11.5. The van der Waals surface area contributed by atoms with E-state index in [2.05, 4.69) is 56.9 Å². The predicted molar refractivity (Wildman–Crippen MR) is 96.3 cm³/mol. The molecule has 0 saturated heterocycles. The summed E-state index contributed by atoms with van der Waals surface area (Å²) in [5.74, 6) is 1.71. The average molecular weight is 321 g/mol. The van der Waals surface area contributed by atoms with Crippen molar-refractivity contribution in [3.63, 3.8) is 0 Å². The summed E-state index contributed by atoms with van der Waals surface area (Å²) in [6.07, 6.45) is 4.53. The molecular weight excluding hydrogens is 298 g/mol. The minimum Gasteiger partial charge on any atom is -0.363 e. The third-order valence-corrected chi connectivity index (χ3v) is 4.89. The summed E-state index contributed by atoms with van der Waals surface area (Å²) in [5, 5.41) is 3.53. The second-order valence-corrected chi connectivity index (χ2v) is 6.83. The van der Waals surface area contributed by atoms with Crippen LogP contribution >= 0.6 is 0 Å². The maximum atomic E-state index is 4.59. The molecule has 5 heteroatoms. The summed E-state index contributed by atoms with van der Waals surface area (Å²) in [4.78, 5) is 13.6. The number of benzene rings is 1. The Kier molecular flexibility index (Phi) is 3.52. The summed E-state index contributed by atoms with van der Waals surface area (Å²) in [6.45, 7) is 8.17. The molecule has 1 N–H and O–H groups in total. The van der Waals surface area contributed by atoms with Gasteiger partial charge >= 0.3 is 0 Å². The summed E-state index contributed by atoms with van der Waals surface area (Å²) < 4.78 is 2.30. The molecule has 2 aromatic heterocycles. The fourth-order valence-electron chi connectivity index (χ4n) is 3.16. The molecule has 1 fully saturated rings. The zero-order valence-electron chi connectivity index (χ0n) is 14.7. The van der Waals surface area contributed by atoms with Crippen LogP contribution in [0.25, 0.3) is 11.0 Å². The minimum atomic E-state index is 0.160. The predicted octanol–water partition coefficient (Wildman–Crippen LogP) is 4.26. The lowest BCUT2D eigenvalue weighted by molar-refractivity contribution is 0.765. The molecule has 0 spiro atoms. The molecule has 3 aromatic rings. The molecule has 1 aromatic carbocycles. The highest BCUT2D eigenvalue weighted by atomic mass is 15.1. The first-order valence-electron chi connectivity index (χ1n) is 8.58. The monoisotopic (exact) mass is 321 g/mol. The molecule has 2 heterocycles. The molecule has 4 rings (SSSR count). The molecule has 1 aliphatic carbocycles. The largest absolute Gasteiger partial charge is 0.363 e. The Labute approximate surface area is 142 Å². The summed E-state index contributed by atoms with van der Waals surface area (Å²) >= 11 is 0. The lowest BCUT2D eigenvalue weighted by atomic mass is 10.1. The molecule has 124 valence electrons. The van der Waals surface area contributed by atoms with Gasteiger partial charge < -0.3 is 9.88 Å². The van der Waals surface area contributed by atoms with Crippen LogP contribution in [0, 0.1) is 20.8 Å². The van der Waals surface area contributed by atoms with Crippen LogP contribution in [0.1, 0.15) is 54.5 Å². The number of aryl methyl sites for hydroxylation is 2. The van der Waals surface area contributed by atoms with Crippen molar-refractivity contribution in [2.24, 2.45) is 0 Å². The molecule has 0 aliphatic heterocycles. The quantitative estimate of drug-likeness (QED) is 0.780. The molecule has 0 radical (unpaired) electrons. The van der Waals surface area contributed by atoms with Gasteiger partial charge in [-0.1, -0.05) is 6.07 Å². The van der Waals surface area contributed by atoms with E-state index in [0.717, 1.165) is 28.4 Å². The Balaban J connectivity index is 1.62. The van der Waals surface area contributed by atoms with E-state index < -0.39 is 0 Å². The SMILES string of the molecule is Cc1nc(C)c(C)c(N[C@@H](C)c2ccc3c(c2)ncn3C2CC2)n1. The number of nitrogens with zero attached hydrogens (tertiary/aromatic N) is 4. The van der Waals surface area contributed by atoms with E-state index in [-0.39, 0.29) is 6.04 Å². The van der Waals surface area contributed by atoms with E-state index in [1.165, 1.54) is 23.9 Å². The van der Waals surface area contributed by atoms with Crippen molar-refractivity contribution in [1.82, 2.24) is 19.5 Å². The Morgan fingerprint density at radius 3 is 2.71 bits per heavy atom. The van der Waals surface area contributed by atoms with Crippen LogP contribution in [0.15, 0.2) is 24.5 Å². The van der Waals surface area contributed by atoms with Crippen molar-refractivity contribution in [2.45, 2.75) is 52.6 Å². The standard InChI is InChI=1S/C19H23N5/c1-11-12(2)21-14(4)23-19(11)22-13(3)15-5-8-18-17(9-15)20-10-24(18)16-6-7-16/h5,8-10,13,16H,6-7H2,1-4H3,(H,21,22,23)/t13-/m0/s1. The highest BCUT2D eigenvalue weighted by Crippen LogP contribution is 2.37. The van der Waals surface area contributed by atoms with Crippen LogP contribution in [0.3, 0.4) is 0 Å². The van der Waals surface area contributed by atoms with Crippen LogP contribution in [-0.2, 0) is 0 Å². The van der Waals surface area contributed by atoms with Gasteiger partial charge in [-0.15, -0.1) is 0 Å². The Bertz CT molecular complexity index is 908. The van der Waals surface area contributed by atoms with Crippen LogP contribution in [0.4, 0.5) is 5.82 Å². The van der Waals surface area contributed by atoms with Crippen molar-refractivity contribution in [3.8, 4) is 0 Å². The van der Waals surface area contributed by atoms with Gasteiger partial charge in [0.1, 0.15) is 11.6 Å². The number of anilines is 1. The van der Waals surface area contributed by atoms with E-state index >= 15 is 0 Å². The Hall–Kier alpha value is -2.43. The number of hydrogen-bond donors (Lipinski definition) is 1. The molecule has 1 aliphatic rings. The zero-order chi connectivity index (χ0) is 16.8. The second-order valence-electron chi connectivity index (χ2n) is 6.83. The van der Waals surface area contributed by atoms with Crippen LogP contribution in [0.2, 0.25) is 0 Å². The molecule has 1 atom stereocenters. The van der Waals surface area contributed by atoms with Gasteiger partial charge in [-0.3, -0.25) is 0 Å². The van der Waals surface area contributed by atoms with Crippen molar-refractivity contribution in [2.75, 3.05) is 5.32 Å². The van der Waals surface area contributed by atoms with Gasteiger partial charge in [-0.2, -0.15) is 0 Å². The molecule has 0 unspecified atom stereocenters. The number of fused-ring (bicyclic) bond motifs is 1. The molecule has 1 saturated carbocycles. The van der Waals surface area contributed by atoms with Gasteiger partial charge in [0.05, 0.1) is 23.4 Å². The van der Waals surface area contributed by atoms with Gasteiger partial charge in [0.25, 0.3) is 0 Å². The summed E-state index contributed by atoms with van der Waals surface area (Å²) in [6, 6.07) is 7.38. The van der Waals surface area contributed by atoms with Crippen molar-refractivity contribution < 1.29 is 0 Å². The van der Waals surface area contributed by atoms with E-state index in [4.69, 9.17) is 0 Å². The maximum Gasteiger partial charge on any atom is 0.133 e. The highest BCUT2D eigenvalue weighted by Gasteiger charge is 2.25. The zero-order valence-corrected chi connectivity index (χ0v) is 14.7. The van der Waals surface area contributed by atoms with Crippen molar-refractivity contribution >= 4 is 16.9 Å². The van der Waals surface area contributed by atoms with Crippen molar-refractivity contribution in [3.05, 3.63) is 47.2 Å². The van der Waals surface area contributed by atoms with Crippen LogP contribution in [-0.4, -0.2) is 19.5 Å². The Morgan fingerprint density at radius 1 is 1.17 bits per heavy atom. The fourth-order valence-corrected chi connectivity index (χ4v) is 3.16. The first kappa shape index (κ1) is 15.1. The highest BCUT2D eigenvalue weighted by molar-refractivity contribution is 5.76. The van der Waals surface area contributed by atoms with Gasteiger partial charge in [0.15, 0.2) is 0 Å². The smallest absolute Gasteiger partial charge is 0.133 e. The van der Waals surface area contributed by atoms with Crippen LogP contribution in [0.5, 0.6) is 0 Å². The maximum absolute atomic E-state index is 4.59. The number of rotatable bonds is 4. The fraction of sp³-hybridized carbons (Fsp3) is 0.421. The number of nitrogens with one attached hydrogen (secondary N) is 1. The molecule has 0 amide bonds. The van der Waals surface area contributed by atoms with E-state index in [1.54, 1.807) is 0 Å². The number of imidazole rings is 1. The third kappa shape index (κ3) is 2.64. The van der Waals surface area contributed by atoms with Gasteiger partial charge in [0.2, 0.25) is 0 Å².